The summed E-state index contributed by atoms with van der Waals surface area (Å²) in [5, 5.41) is 16.6. The number of aliphatic hydroxyl groups excluding tert-OH is 1. The second-order valence-corrected chi connectivity index (χ2v) is 12.0. The van der Waals surface area contributed by atoms with Crippen LogP contribution >= 0.6 is 0 Å². The smallest absolute Gasteiger partial charge is 0.251 e. The van der Waals surface area contributed by atoms with E-state index in [-0.39, 0.29) is 24.2 Å². The van der Waals surface area contributed by atoms with Crippen LogP contribution in [-0.4, -0.2) is 64.6 Å². The fraction of sp³-hybridized carbons (Fsp3) is 0.636. The largest absolute Gasteiger partial charge is 0.393 e. The molecule has 1 saturated heterocycles. The number of hydrogen-bond acceptors (Lipinski definition) is 5. The second-order valence-electron chi connectivity index (χ2n) is 12.0. The summed E-state index contributed by atoms with van der Waals surface area (Å²) in [5.41, 5.74) is 5.06. The molecule has 2 atom stereocenters. The van der Waals surface area contributed by atoms with Crippen LogP contribution in [0, 0.1) is 5.92 Å². The van der Waals surface area contributed by atoms with E-state index in [0.717, 1.165) is 67.1 Å². The van der Waals surface area contributed by atoms with Gasteiger partial charge in [0.05, 0.1) is 11.8 Å². The van der Waals surface area contributed by atoms with Crippen molar-refractivity contribution in [2.24, 2.45) is 10.9 Å². The quantitative estimate of drug-likeness (QED) is 0.385. The first-order valence-corrected chi connectivity index (χ1v) is 15.5. The van der Waals surface area contributed by atoms with Gasteiger partial charge >= 0.3 is 0 Å². The van der Waals surface area contributed by atoms with Crippen LogP contribution in [0.1, 0.15) is 101 Å². The number of hydrogen-bond donors (Lipinski definition) is 3. The van der Waals surface area contributed by atoms with Gasteiger partial charge in [0.2, 0.25) is 0 Å². The molecule has 1 aliphatic heterocycles. The minimum atomic E-state index is -0.227. The molecule has 0 aromatic heterocycles. The van der Waals surface area contributed by atoms with E-state index in [1.807, 2.05) is 18.2 Å². The average Bonchev–Trinajstić information content (AvgIpc) is 3.04. The van der Waals surface area contributed by atoms with Gasteiger partial charge in [-0.05, 0) is 82.6 Å². The molecule has 1 aromatic rings. The SMILES string of the molecule is C=C1C(C)CN(C2CCCCC2)C(=N/C(C)Nc2ccc(C(=O)N[C@H]3CC[C@H](O)CC3)cc2CC)/C(=C\C)N1C. The van der Waals surface area contributed by atoms with Gasteiger partial charge in [-0.15, -0.1) is 0 Å². The highest BCUT2D eigenvalue weighted by Gasteiger charge is 2.33. The normalized spacial score (nSPS) is 27.6. The summed E-state index contributed by atoms with van der Waals surface area (Å²) < 4.78 is 0. The van der Waals surface area contributed by atoms with Gasteiger partial charge in [0.1, 0.15) is 12.0 Å². The Balaban J connectivity index is 1.54. The van der Waals surface area contributed by atoms with Crippen molar-refractivity contribution in [1.29, 1.82) is 0 Å². The number of anilines is 1. The van der Waals surface area contributed by atoms with Crippen LogP contribution in [0.4, 0.5) is 5.69 Å². The van der Waals surface area contributed by atoms with E-state index in [1.165, 1.54) is 32.1 Å². The third-order valence-corrected chi connectivity index (χ3v) is 9.08. The van der Waals surface area contributed by atoms with Gasteiger partial charge in [0.15, 0.2) is 0 Å². The van der Waals surface area contributed by atoms with Crippen molar-refractivity contribution in [2.75, 3.05) is 18.9 Å². The Hall–Kier alpha value is -2.80. The van der Waals surface area contributed by atoms with Gasteiger partial charge in [-0.25, -0.2) is 4.99 Å². The molecule has 2 saturated carbocycles. The minimum Gasteiger partial charge on any atom is -0.393 e. The Kier molecular flexibility index (Phi) is 10.3. The summed E-state index contributed by atoms with van der Waals surface area (Å²) in [5.74, 6) is 1.36. The third kappa shape index (κ3) is 7.09. The Morgan fingerprint density at radius 3 is 2.52 bits per heavy atom. The van der Waals surface area contributed by atoms with Gasteiger partial charge in [0.25, 0.3) is 5.91 Å². The number of aryl methyl sites for hydroxylation is 1. The summed E-state index contributed by atoms with van der Waals surface area (Å²) in [6.45, 7) is 14.0. The van der Waals surface area contributed by atoms with Gasteiger partial charge in [-0.1, -0.05) is 45.8 Å². The molecule has 1 amide bonds. The molecule has 7 nitrogen and oxygen atoms in total. The molecular weight excluding hydrogens is 498 g/mol. The molecule has 3 aliphatic rings. The van der Waals surface area contributed by atoms with Crippen LogP contribution in [-0.2, 0) is 6.42 Å². The lowest BCUT2D eigenvalue weighted by Crippen LogP contribution is -2.44. The summed E-state index contributed by atoms with van der Waals surface area (Å²) >= 11 is 0. The zero-order chi connectivity index (χ0) is 28.8. The van der Waals surface area contributed by atoms with Crippen LogP contribution in [0.2, 0.25) is 0 Å². The van der Waals surface area contributed by atoms with E-state index in [9.17, 15) is 9.90 Å². The van der Waals surface area contributed by atoms with Crippen molar-refractivity contribution in [3.05, 3.63) is 53.4 Å². The Morgan fingerprint density at radius 1 is 1.18 bits per heavy atom. The summed E-state index contributed by atoms with van der Waals surface area (Å²) in [7, 11) is 2.11. The van der Waals surface area contributed by atoms with Crippen LogP contribution in [0.3, 0.4) is 0 Å². The molecule has 1 heterocycles. The zero-order valence-corrected chi connectivity index (χ0v) is 25.4. The summed E-state index contributed by atoms with van der Waals surface area (Å²) in [6, 6.07) is 6.58. The number of likely N-dealkylation sites (N-methyl/N-ethyl adjacent to an activating group) is 1. The van der Waals surface area contributed by atoms with Gasteiger partial charge in [-0.3, -0.25) is 4.79 Å². The Labute approximate surface area is 241 Å². The number of nitrogens with one attached hydrogen (secondary N) is 2. The van der Waals surface area contributed by atoms with Crippen molar-refractivity contribution in [3.8, 4) is 0 Å². The Bertz CT molecular complexity index is 1100. The fourth-order valence-electron chi connectivity index (χ4n) is 6.54. The van der Waals surface area contributed by atoms with E-state index in [2.05, 4.69) is 67.8 Å². The number of rotatable bonds is 7. The number of amidine groups is 1. The van der Waals surface area contributed by atoms with E-state index in [0.29, 0.717) is 17.5 Å². The van der Waals surface area contributed by atoms with Crippen molar-refractivity contribution in [2.45, 2.75) is 116 Å². The minimum absolute atomic E-state index is 0.0346. The van der Waals surface area contributed by atoms with Crippen molar-refractivity contribution in [3.63, 3.8) is 0 Å². The van der Waals surface area contributed by atoms with E-state index in [1.54, 1.807) is 0 Å². The highest BCUT2D eigenvalue weighted by Crippen LogP contribution is 2.32. The monoisotopic (exact) mass is 549 g/mol. The molecule has 2 aliphatic carbocycles. The third-order valence-electron chi connectivity index (χ3n) is 9.08. The lowest BCUT2D eigenvalue weighted by Gasteiger charge is -2.37. The molecule has 0 spiro atoms. The number of nitrogens with zero attached hydrogens (tertiary/aromatic N) is 3. The molecule has 3 N–H and O–H groups in total. The summed E-state index contributed by atoms with van der Waals surface area (Å²) in [6.07, 6.45) is 12.1. The number of benzene rings is 1. The topological polar surface area (TPSA) is 80.2 Å². The van der Waals surface area contributed by atoms with Crippen LogP contribution in [0.25, 0.3) is 0 Å². The maximum atomic E-state index is 13.0. The molecule has 2 unspecified atom stereocenters. The van der Waals surface area contributed by atoms with Crippen molar-refractivity contribution < 1.29 is 9.90 Å². The van der Waals surface area contributed by atoms with Gasteiger partial charge in [0, 0.05) is 48.5 Å². The highest BCUT2D eigenvalue weighted by atomic mass is 16.3. The van der Waals surface area contributed by atoms with Crippen molar-refractivity contribution in [1.82, 2.24) is 15.1 Å². The van der Waals surface area contributed by atoms with Gasteiger partial charge < -0.3 is 25.5 Å². The predicted octanol–water partition coefficient (Wildman–Crippen LogP) is 6.07. The number of carbonyl (C=O) groups is 1. The number of carbonyl (C=O) groups excluding carboxylic acids is 1. The number of amides is 1. The van der Waals surface area contributed by atoms with E-state index < -0.39 is 0 Å². The highest BCUT2D eigenvalue weighted by molar-refractivity contribution is 5.99. The first-order chi connectivity index (χ1) is 19.2. The van der Waals surface area contributed by atoms with Crippen LogP contribution in [0.15, 0.2) is 47.2 Å². The molecular formula is C33H51N5O2. The molecule has 3 fully saturated rings. The Morgan fingerprint density at radius 2 is 1.88 bits per heavy atom. The first kappa shape index (κ1) is 30.2. The van der Waals surface area contributed by atoms with E-state index >= 15 is 0 Å². The maximum absolute atomic E-state index is 13.0. The molecule has 220 valence electrons. The number of allylic oxidation sites excluding steroid dienone is 1. The maximum Gasteiger partial charge on any atom is 0.251 e. The number of aliphatic imine (C=N–C) groups is 1. The predicted molar refractivity (Wildman–Crippen MR) is 165 cm³/mol. The molecule has 0 radical (unpaired) electrons. The number of aliphatic hydroxyl groups is 1. The fourth-order valence-corrected chi connectivity index (χ4v) is 6.54. The van der Waals surface area contributed by atoms with Crippen LogP contribution in [0.5, 0.6) is 0 Å². The van der Waals surface area contributed by atoms with Gasteiger partial charge in [-0.2, -0.15) is 0 Å². The zero-order valence-electron chi connectivity index (χ0n) is 25.4. The second kappa shape index (κ2) is 13.7. The molecule has 0 bridgehead atoms. The molecule has 1 aromatic carbocycles. The molecule has 40 heavy (non-hydrogen) atoms. The van der Waals surface area contributed by atoms with Crippen molar-refractivity contribution >= 4 is 17.4 Å². The molecule has 7 heteroatoms. The van der Waals surface area contributed by atoms with Crippen LogP contribution < -0.4 is 10.6 Å². The summed E-state index contributed by atoms with van der Waals surface area (Å²) in [4.78, 5) is 23.1. The first-order valence-electron chi connectivity index (χ1n) is 15.5. The lowest BCUT2D eigenvalue weighted by atomic mass is 9.93. The van der Waals surface area contributed by atoms with E-state index in [4.69, 9.17) is 4.99 Å². The average molecular weight is 550 g/mol. The standard InChI is InChI=1S/C33H51N5O2/c1-7-25-20-26(33(40)36-27-15-17-29(39)18-16-27)14-19-30(25)34-24(5)35-32-31(8-2)37(6)23(4)22(3)21-38(32)28-12-10-9-11-13-28/h8,14,19-20,22,24,27-29,34,39H,4,7,9-13,15-18,21H2,1-3,5-6H3,(H,36,40)/b31-8+,35-32+/t22?,24?,27-,29-. The molecule has 4 rings (SSSR count). The lowest BCUT2D eigenvalue weighted by molar-refractivity contribution is 0.0867.